The number of hydrogen-bond donors (Lipinski definition) is 1. The van der Waals surface area contributed by atoms with Crippen LogP contribution in [-0.2, 0) is 16.7 Å². The lowest BCUT2D eigenvalue weighted by molar-refractivity contribution is 0.110. The largest absolute Gasteiger partial charge is 0.394 e. The predicted octanol–water partition coefficient (Wildman–Crippen LogP) is 1.69. The molecular weight excluding hydrogens is 284 g/mol. The van der Waals surface area contributed by atoms with Gasteiger partial charge in [0.25, 0.3) is 0 Å². The van der Waals surface area contributed by atoms with E-state index in [1.54, 1.807) is 11.8 Å². The molecule has 0 amide bonds. The normalized spacial score (nSPS) is 17.2. The second-order valence-corrected chi connectivity index (χ2v) is 5.96. The Morgan fingerprint density at radius 3 is 2.86 bits per heavy atom. The molecule has 1 saturated carbocycles. The maximum absolute atomic E-state index is 9.01. The molecule has 120 valence electrons. The molecule has 3 rings (SSSR count). The zero-order chi connectivity index (χ0) is 15.6. The van der Waals surface area contributed by atoms with Crippen molar-refractivity contribution in [1.29, 1.82) is 0 Å². The molecule has 7 heteroatoms. The van der Waals surface area contributed by atoms with Gasteiger partial charge in [0.2, 0.25) is 11.7 Å². The molecule has 0 atom stereocenters. The summed E-state index contributed by atoms with van der Waals surface area (Å²) in [4.78, 5) is 4.61. The molecule has 0 aliphatic heterocycles. The van der Waals surface area contributed by atoms with E-state index in [0.29, 0.717) is 24.9 Å². The predicted molar refractivity (Wildman–Crippen MR) is 79.4 cm³/mol. The van der Waals surface area contributed by atoms with Crippen molar-refractivity contribution in [2.75, 3.05) is 20.3 Å². The molecular formula is C15H22N4O3. The van der Waals surface area contributed by atoms with Crippen molar-refractivity contribution >= 4 is 0 Å². The van der Waals surface area contributed by atoms with Crippen LogP contribution in [0, 0.1) is 6.92 Å². The second-order valence-electron chi connectivity index (χ2n) is 5.96. The first-order valence-corrected chi connectivity index (χ1v) is 7.67. The molecule has 1 aliphatic carbocycles. The molecule has 0 saturated heterocycles. The molecule has 1 N–H and O–H groups in total. The Morgan fingerprint density at radius 2 is 2.18 bits per heavy atom. The first kappa shape index (κ1) is 15.2. The Kier molecular flexibility index (Phi) is 4.26. The zero-order valence-corrected chi connectivity index (χ0v) is 13.1. The van der Waals surface area contributed by atoms with Crippen molar-refractivity contribution < 1.29 is 14.4 Å². The Balaban J connectivity index is 1.90. The lowest BCUT2D eigenvalue weighted by Gasteiger charge is -2.22. The Bertz CT molecular complexity index is 629. The number of ether oxygens (including phenoxy) is 1. The van der Waals surface area contributed by atoms with Crippen molar-refractivity contribution in [1.82, 2.24) is 19.9 Å². The van der Waals surface area contributed by atoms with E-state index in [-0.39, 0.29) is 12.0 Å². The zero-order valence-electron chi connectivity index (χ0n) is 13.1. The first-order valence-electron chi connectivity index (χ1n) is 7.67. The molecule has 0 radical (unpaired) electrons. The summed E-state index contributed by atoms with van der Waals surface area (Å²) in [7, 11) is 1.71. The van der Waals surface area contributed by atoms with Crippen LogP contribution in [0.1, 0.15) is 37.3 Å². The minimum Gasteiger partial charge on any atom is -0.394 e. The van der Waals surface area contributed by atoms with E-state index in [9.17, 15) is 0 Å². The molecule has 0 aromatic carbocycles. The van der Waals surface area contributed by atoms with Crippen molar-refractivity contribution in [3.8, 4) is 11.4 Å². The summed E-state index contributed by atoms with van der Waals surface area (Å²) in [5.74, 6) is 1.22. The van der Waals surface area contributed by atoms with Gasteiger partial charge in [0, 0.05) is 13.3 Å². The second kappa shape index (κ2) is 6.18. The van der Waals surface area contributed by atoms with Crippen LogP contribution in [-0.4, -0.2) is 45.4 Å². The van der Waals surface area contributed by atoms with Crippen LogP contribution < -0.4 is 0 Å². The van der Waals surface area contributed by atoms with Gasteiger partial charge in [-0.2, -0.15) is 10.1 Å². The third-order valence-electron chi connectivity index (χ3n) is 4.38. The summed E-state index contributed by atoms with van der Waals surface area (Å²) in [5, 5.41) is 17.5. The summed E-state index contributed by atoms with van der Waals surface area (Å²) >= 11 is 0. The summed E-state index contributed by atoms with van der Waals surface area (Å²) in [5.41, 5.74) is 1.52. The SMILES string of the molecule is COCC1(c2nc(-c3cn(CCO)nc3C)no2)CCCC1. The Hall–Kier alpha value is -1.73. The van der Waals surface area contributed by atoms with Gasteiger partial charge in [0.05, 0.1) is 36.4 Å². The third kappa shape index (κ3) is 2.66. The van der Waals surface area contributed by atoms with Gasteiger partial charge < -0.3 is 14.4 Å². The molecule has 1 fully saturated rings. The summed E-state index contributed by atoms with van der Waals surface area (Å²) in [6, 6.07) is 0. The number of aliphatic hydroxyl groups is 1. The van der Waals surface area contributed by atoms with E-state index in [1.165, 1.54) is 0 Å². The topological polar surface area (TPSA) is 86.2 Å². The maximum atomic E-state index is 9.01. The minimum absolute atomic E-state index is 0.0506. The van der Waals surface area contributed by atoms with E-state index < -0.39 is 0 Å². The van der Waals surface area contributed by atoms with Crippen LogP contribution in [0.4, 0.5) is 0 Å². The molecule has 0 spiro atoms. The smallest absolute Gasteiger partial charge is 0.235 e. The Labute approximate surface area is 129 Å². The molecule has 2 aromatic heterocycles. The van der Waals surface area contributed by atoms with Crippen molar-refractivity contribution in [3.05, 3.63) is 17.8 Å². The molecule has 1 aliphatic rings. The van der Waals surface area contributed by atoms with E-state index in [4.69, 9.17) is 14.4 Å². The van der Waals surface area contributed by atoms with Crippen molar-refractivity contribution in [2.24, 2.45) is 0 Å². The summed E-state index contributed by atoms with van der Waals surface area (Å²) in [6.07, 6.45) is 6.21. The van der Waals surface area contributed by atoms with Gasteiger partial charge in [0.15, 0.2) is 0 Å². The summed E-state index contributed by atoms with van der Waals surface area (Å²) in [6.45, 7) is 3.02. The van der Waals surface area contributed by atoms with Crippen LogP contribution in [0.5, 0.6) is 0 Å². The first-order chi connectivity index (χ1) is 10.7. The minimum atomic E-state index is -0.144. The molecule has 2 heterocycles. The number of aliphatic hydroxyl groups excluding tert-OH is 1. The van der Waals surface area contributed by atoms with E-state index in [1.807, 2.05) is 13.1 Å². The van der Waals surface area contributed by atoms with Crippen LogP contribution in [0.25, 0.3) is 11.4 Å². The number of hydrogen-bond acceptors (Lipinski definition) is 6. The van der Waals surface area contributed by atoms with Crippen molar-refractivity contribution in [3.63, 3.8) is 0 Å². The fraction of sp³-hybridized carbons (Fsp3) is 0.667. The number of methoxy groups -OCH3 is 1. The molecule has 0 unspecified atom stereocenters. The highest BCUT2D eigenvalue weighted by Crippen LogP contribution is 2.41. The number of rotatable bonds is 6. The highest BCUT2D eigenvalue weighted by atomic mass is 16.5. The average molecular weight is 306 g/mol. The van der Waals surface area contributed by atoms with E-state index >= 15 is 0 Å². The van der Waals surface area contributed by atoms with Crippen LogP contribution in [0.3, 0.4) is 0 Å². The lowest BCUT2D eigenvalue weighted by Crippen LogP contribution is -2.28. The number of aryl methyl sites for hydroxylation is 1. The summed E-state index contributed by atoms with van der Waals surface area (Å²) < 4.78 is 12.6. The maximum Gasteiger partial charge on any atom is 0.235 e. The van der Waals surface area contributed by atoms with Gasteiger partial charge in [-0.25, -0.2) is 0 Å². The monoisotopic (exact) mass is 306 g/mol. The van der Waals surface area contributed by atoms with Gasteiger partial charge in [-0.05, 0) is 19.8 Å². The number of aromatic nitrogens is 4. The average Bonchev–Trinajstić information content (AvgIpc) is 3.19. The standard InChI is InChI=1S/C15H22N4O3/c1-11-12(9-19(17-11)7-8-20)13-16-14(22-18-13)15(10-21-2)5-3-4-6-15/h9,20H,3-8,10H2,1-2H3. The van der Waals surface area contributed by atoms with Crippen LogP contribution in [0.15, 0.2) is 10.7 Å². The fourth-order valence-electron chi connectivity index (χ4n) is 3.25. The van der Waals surface area contributed by atoms with Gasteiger partial charge in [-0.1, -0.05) is 18.0 Å². The van der Waals surface area contributed by atoms with Gasteiger partial charge in [-0.15, -0.1) is 0 Å². The van der Waals surface area contributed by atoms with Gasteiger partial charge >= 0.3 is 0 Å². The fourth-order valence-corrected chi connectivity index (χ4v) is 3.25. The quantitative estimate of drug-likeness (QED) is 0.874. The molecule has 7 nitrogen and oxygen atoms in total. The van der Waals surface area contributed by atoms with Crippen LogP contribution in [0.2, 0.25) is 0 Å². The molecule has 0 bridgehead atoms. The van der Waals surface area contributed by atoms with Crippen molar-refractivity contribution in [2.45, 2.75) is 44.6 Å². The molecule has 2 aromatic rings. The lowest BCUT2D eigenvalue weighted by atomic mass is 9.87. The van der Waals surface area contributed by atoms with Crippen LogP contribution >= 0.6 is 0 Å². The highest BCUT2D eigenvalue weighted by molar-refractivity contribution is 5.56. The third-order valence-corrected chi connectivity index (χ3v) is 4.38. The van der Waals surface area contributed by atoms with Gasteiger partial charge in [0.1, 0.15) is 0 Å². The Morgan fingerprint density at radius 1 is 1.41 bits per heavy atom. The highest BCUT2D eigenvalue weighted by Gasteiger charge is 2.41. The van der Waals surface area contributed by atoms with Gasteiger partial charge in [-0.3, -0.25) is 4.68 Å². The number of nitrogens with zero attached hydrogens (tertiary/aromatic N) is 4. The van der Waals surface area contributed by atoms with E-state index in [0.717, 1.165) is 36.9 Å². The van der Waals surface area contributed by atoms with E-state index in [2.05, 4.69) is 15.2 Å². The molecule has 22 heavy (non-hydrogen) atoms.